The van der Waals surface area contributed by atoms with Crippen LogP contribution in [0.5, 0.6) is 0 Å². The van der Waals surface area contributed by atoms with Crippen LogP contribution in [0.3, 0.4) is 0 Å². The molecule has 76 valence electrons. The van der Waals surface area contributed by atoms with Crippen LogP contribution in [-0.4, -0.2) is 29.6 Å². The van der Waals surface area contributed by atoms with Crippen LogP contribution in [0.25, 0.3) is 0 Å². The van der Waals surface area contributed by atoms with Gasteiger partial charge in [-0.25, -0.2) is 4.90 Å². The number of nitrogens with zero attached hydrogens (tertiary/aromatic N) is 2. The zero-order chi connectivity index (χ0) is 9.30. The van der Waals surface area contributed by atoms with Crippen LogP contribution < -0.4 is 28.9 Å². The zero-order valence-corrected chi connectivity index (χ0v) is 10.1. The van der Waals surface area contributed by atoms with Crippen molar-refractivity contribution in [3.05, 3.63) is 22.1 Å². The minimum Gasteiger partial charge on any atom is -1.00 e. The Morgan fingerprint density at radius 3 is 2.62 bits per heavy atom. The Bertz CT molecular complexity index is 232. The fourth-order valence-corrected chi connectivity index (χ4v) is 1.44. The molecule has 0 fully saturated rings. The van der Waals surface area contributed by atoms with Crippen molar-refractivity contribution in [2.45, 2.75) is 20.0 Å². The van der Waals surface area contributed by atoms with Gasteiger partial charge >= 0.3 is 5.82 Å². The van der Waals surface area contributed by atoms with Gasteiger partial charge in [-0.05, 0) is 11.8 Å². The third-order valence-electron chi connectivity index (χ3n) is 2.31. The first-order valence-electron chi connectivity index (χ1n) is 4.04. The smallest absolute Gasteiger partial charge is 0.376 e. The number of hydrogen-bond acceptors (Lipinski definition) is 3. The van der Waals surface area contributed by atoms with E-state index in [0.29, 0.717) is 6.54 Å². The van der Waals surface area contributed by atoms with E-state index in [-0.39, 0.29) is 40.9 Å². The van der Waals surface area contributed by atoms with E-state index in [1.807, 2.05) is 20.9 Å². The Labute approximate surface area is 94.5 Å². The maximum atomic E-state index is 10.5. The molecule has 0 saturated heterocycles. The van der Waals surface area contributed by atoms with E-state index in [4.69, 9.17) is 0 Å². The fraction of sp³-hybridized carbons (Fsp3) is 0.714. The summed E-state index contributed by atoms with van der Waals surface area (Å²) in [6.45, 7) is 4.59. The lowest BCUT2D eigenvalue weighted by atomic mass is 10.4. The molecule has 0 bridgehead atoms. The molecule has 1 rings (SSSR count). The monoisotopic (exact) mass is 299 g/mol. The molecule has 13 heavy (non-hydrogen) atoms. The third-order valence-corrected chi connectivity index (χ3v) is 2.31. The molecule has 1 aliphatic heterocycles. The zero-order valence-electron chi connectivity index (χ0n) is 7.95. The number of nitro groups is 1. The molecule has 0 saturated carbocycles. The third kappa shape index (κ3) is 2.31. The topological polar surface area (TPSA) is 50.8 Å². The molecule has 0 aromatic carbocycles. The van der Waals surface area contributed by atoms with Gasteiger partial charge in [-0.2, -0.15) is 0 Å². The van der Waals surface area contributed by atoms with E-state index in [1.54, 1.807) is 11.1 Å². The number of nitrogens with one attached hydrogen (secondary N) is 1. The summed E-state index contributed by atoms with van der Waals surface area (Å²) < 4.78 is 0. The Morgan fingerprint density at radius 2 is 2.31 bits per heavy atom. The molecule has 2 unspecified atom stereocenters. The average Bonchev–Trinajstić information content (AvgIpc) is 2.29. The number of quaternary nitrogens is 1. The predicted octanol–water partition coefficient (Wildman–Crippen LogP) is -3.74. The van der Waals surface area contributed by atoms with Crippen molar-refractivity contribution in [3.8, 4) is 0 Å². The first-order valence-corrected chi connectivity index (χ1v) is 4.04. The average molecular weight is 299 g/mol. The van der Waals surface area contributed by atoms with Crippen LogP contribution in [-0.2, 0) is 0 Å². The van der Waals surface area contributed by atoms with Crippen molar-refractivity contribution in [2.75, 3.05) is 13.6 Å². The Hall–Kier alpha value is -0.370. The molecule has 1 aliphatic rings. The van der Waals surface area contributed by atoms with Crippen molar-refractivity contribution in [1.29, 1.82) is 0 Å². The molecule has 0 aromatic rings. The lowest BCUT2D eigenvalue weighted by Crippen LogP contribution is -3.07. The second kappa shape index (κ2) is 4.75. The van der Waals surface area contributed by atoms with E-state index < -0.39 is 0 Å². The Kier molecular flexibility index (Phi) is 4.62. The highest BCUT2D eigenvalue weighted by atomic mass is 127. The van der Waals surface area contributed by atoms with Gasteiger partial charge in [0.15, 0.2) is 6.20 Å². The van der Waals surface area contributed by atoms with Gasteiger partial charge in [0.25, 0.3) is 0 Å². The van der Waals surface area contributed by atoms with E-state index >= 15 is 0 Å². The van der Waals surface area contributed by atoms with Gasteiger partial charge in [-0.15, -0.1) is 0 Å². The van der Waals surface area contributed by atoms with Gasteiger partial charge < -0.3 is 34.1 Å². The largest absolute Gasteiger partial charge is 1.00 e. The van der Waals surface area contributed by atoms with Crippen LogP contribution in [0, 0.1) is 10.1 Å². The molecule has 0 aliphatic carbocycles. The molecule has 0 aromatic heterocycles. The maximum Gasteiger partial charge on any atom is 0.376 e. The number of hydrogen-bond donors (Lipinski definition) is 1. The maximum absolute atomic E-state index is 10.5. The highest BCUT2D eigenvalue weighted by Gasteiger charge is 2.38. The summed E-state index contributed by atoms with van der Waals surface area (Å²) in [5.41, 5.74) is 0. The molecule has 0 amide bonds. The molecule has 0 radical (unpaired) electrons. The Morgan fingerprint density at radius 1 is 1.77 bits per heavy atom. The van der Waals surface area contributed by atoms with Gasteiger partial charge in [0, 0.05) is 6.92 Å². The summed E-state index contributed by atoms with van der Waals surface area (Å²) >= 11 is 0. The van der Waals surface area contributed by atoms with Crippen LogP contribution in [0.15, 0.2) is 12.0 Å². The van der Waals surface area contributed by atoms with E-state index in [0.717, 1.165) is 4.90 Å². The van der Waals surface area contributed by atoms with Crippen molar-refractivity contribution >= 4 is 0 Å². The summed E-state index contributed by atoms with van der Waals surface area (Å²) in [6.07, 6.45) is 1.82. The highest BCUT2D eigenvalue weighted by Crippen LogP contribution is 2.09. The molecule has 2 atom stereocenters. The van der Waals surface area contributed by atoms with Gasteiger partial charge in [-0.1, -0.05) is 0 Å². The second-order valence-corrected chi connectivity index (χ2v) is 2.97. The van der Waals surface area contributed by atoms with Gasteiger partial charge in [0.1, 0.15) is 0 Å². The van der Waals surface area contributed by atoms with Gasteiger partial charge in [-0.3, -0.25) is 4.90 Å². The molecule has 1 N–H and O–H groups in total. The van der Waals surface area contributed by atoms with Crippen molar-refractivity contribution in [3.63, 3.8) is 0 Å². The summed E-state index contributed by atoms with van der Waals surface area (Å²) in [5.74, 6) is 0.225. The highest BCUT2D eigenvalue weighted by molar-refractivity contribution is 4.90. The minimum atomic E-state index is -0.323. The quantitative estimate of drug-likeness (QED) is 0.324. The molecular weight excluding hydrogens is 285 g/mol. The second-order valence-electron chi connectivity index (χ2n) is 2.97. The van der Waals surface area contributed by atoms with Crippen LogP contribution in [0.2, 0.25) is 0 Å². The summed E-state index contributed by atoms with van der Waals surface area (Å²) in [6, 6.07) is 0. The van der Waals surface area contributed by atoms with E-state index in [9.17, 15) is 10.1 Å². The van der Waals surface area contributed by atoms with Crippen molar-refractivity contribution < 1.29 is 33.8 Å². The molecule has 6 heteroatoms. The van der Waals surface area contributed by atoms with Gasteiger partial charge in [0.05, 0.1) is 13.6 Å². The first kappa shape index (κ1) is 12.6. The van der Waals surface area contributed by atoms with Crippen LogP contribution >= 0.6 is 0 Å². The summed E-state index contributed by atoms with van der Waals surface area (Å²) in [4.78, 5) is 13.1. The van der Waals surface area contributed by atoms with Crippen molar-refractivity contribution in [2.24, 2.45) is 0 Å². The summed E-state index contributed by atoms with van der Waals surface area (Å²) in [5, 5.41) is 10.5. The standard InChI is InChI=1S/C7H13N3O2.HI/c1-4-9-6(2)8(3)5-7(9)10(11)12;/h5-6H,4H2,1-3H3;1H. The predicted molar refractivity (Wildman–Crippen MR) is 43.8 cm³/mol. The van der Waals surface area contributed by atoms with Crippen molar-refractivity contribution in [1.82, 2.24) is 4.90 Å². The molecule has 0 spiro atoms. The SMILES string of the molecule is CCN1C([N+](=O)[O-])=C[NH+](C)C1C.[I-]. The first-order chi connectivity index (χ1) is 5.57. The molecular formula is C7H14IN3O2. The Balaban J connectivity index is 0.00000144. The minimum absolute atomic E-state index is 0. The normalized spacial score (nSPS) is 26.7. The molecule has 1 heterocycles. The van der Waals surface area contributed by atoms with E-state index in [1.165, 1.54) is 0 Å². The lowest BCUT2D eigenvalue weighted by Gasteiger charge is -2.16. The molecule has 5 nitrogen and oxygen atoms in total. The van der Waals surface area contributed by atoms with E-state index in [2.05, 4.69) is 0 Å². The lowest BCUT2D eigenvalue weighted by molar-refractivity contribution is -0.854. The number of halogens is 1. The van der Waals surface area contributed by atoms with Gasteiger partial charge in [0.2, 0.25) is 6.17 Å². The fourth-order valence-electron chi connectivity index (χ4n) is 1.44. The van der Waals surface area contributed by atoms with Crippen LogP contribution in [0.4, 0.5) is 0 Å². The number of rotatable bonds is 2. The summed E-state index contributed by atoms with van der Waals surface area (Å²) in [7, 11) is 1.92. The van der Waals surface area contributed by atoms with Crippen LogP contribution in [0.1, 0.15) is 13.8 Å².